The van der Waals surface area contributed by atoms with Crippen LogP contribution in [0.5, 0.6) is 0 Å². The number of nitrogens with two attached hydrogens (primary N) is 2. The molecule has 2 aliphatic heterocycles. The van der Waals surface area contributed by atoms with Crippen molar-refractivity contribution >= 4 is 23.8 Å². The monoisotopic (exact) mass is 593 g/mol. The maximum Gasteiger partial charge on any atom is 0.405 e. The molecule has 4 atom stereocenters. The first kappa shape index (κ1) is 31.6. The number of likely N-dealkylation sites (tertiary alicyclic amines) is 1. The van der Waals surface area contributed by atoms with E-state index in [1.165, 1.54) is 15.8 Å². The molecule has 0 spiro atoms. The molecule has 1 aromatic heterocycles. The molecule has 4 rings (SSSR count). The van der Waals surface area contributed by atoms with Crippen LogP contribution >= 0.6 is 0 Å². The molecule has 0 aromatic carbocycles. The van der Waals surface area contributed by atoms with Gasteiger partial charge in [-0.1, -0.05) is 37.3 Å². The van der Waals surface area contributed by atoms with E-state index in [4.69, 9.17) is 20.9 Å². The molecule has 2 unspecified atom stereocenters. The Kier molecular flexibility index (Phi) is 9.73. The summed E-state index contributed by atoms with van der Waals surface area (Å²) in [5.74, 6) is -2.03. The van der Waals surface area contributed by atoms with Crippen molar-refractivity contribution in [3.8, 4) is 0 Å². The molecule has 4 amide bonds. The predicted octanol–water partition coefficient (Wildman–Crippen LogP) is -0.407. The second kappa shape index (κ2) is 12.9. The number of carbonyl (C=O) groups is 4. The minimum Gasteiger partial charge on any atom is -0.436 e. The Bertz CT molecular complexity index is 1140. The molecule has 7 N–H and O–H groups in total. The van der Waals surface area contributed by atoms with Gasteiger partial charge in [-0.25, -0.2) is 9.48 Å². The Labute approximate surface area is 244 Å². The molecule has 234 valence electrons. The van der Waals surface area contributed by atoms with Gasteiger partial charge in [-0.3, -0.25) is 14.4 Å². The van der Waals surface area contributed by atoms with Gasteiger partial charge in [0.1, 0.15) is 11.6 Å². The summed E-state index contributed by atoms with van der Waals surface area (Å²) >= 11 is 0. The van der Waals surface area contributed by atoms with Crippen molar-refractivity contribution in [3.63, 3.8) is 0 Å². The summed E-state index contributed by atoms with van der Waals surface area (Å²) in [4.78, 5) is 53.2. The Morgan fingerprint density at radius 2 is 1.86 bits per heavy atom. The summed E-state index contributed by atoms with van der Waals surface area (Å²) in [5.41, 5.74) is 8.48. The third-order valence-electron chi connectivity index (χ3n) is 8.77. The van der Waals surface area contributed by atoms with Crippen LogP contribution in [0.25, 0.3) is 0 Å². The number of rotatable bonds is 10. The van der Waals surface area contributed by atoms with Gasteiger partial charge in [0.25, 0.3) is 5.91 Å². The average Bonchev–Trinajstić information content (AvgIpc) is 3.61. The van der Waals surface area contributed by atoms with E-state index in [1.807, 2.05) is 0 Å². The molecule has 0 radical (unpaired) electrons. The third kappa shape index (κ3) is 7.01. The van der Waals surface area contributed by atoms with Crippen molar-refractivity contribution in [3.05, 3.63) is 11.9 Å². The van der Waals surface area contributed by atoms with Crippen molar-refractivity contribution in [1.29, 1.82) is 0 Å². The first-order valence-electron chi connectivity index (χ1n) is 14.6. The highest BCUT2D eigenvalue weighted by molar-refractivity contribution is 5.92. The van der Waals surface area contributed by atoms with Gasteiger partial charge < -0.3 is 41.4 Å². The summed E-state index contributed by atoms with van der Waals surface area (Å²) in [5, 5.41) is 32.3. The number of carbonyl (C=O) groups excluding carboxylic acids is 4. The summed E-state index contributed by atoms with van der Waals surface area (Å²) < 4.78 is 12.2. The normalized spacial score (nSPS) is 24.5. The van der Waals surface area contributed by atoms with Crippen LogP contribution < -0.4 is 16.8 Å². The van der Waals surface area contributed by atoms with Crippen LogP contribution in [0.1, 0.15) is 83.4 Å². The van der Waals surface area contributed by atoms with Gasteiger partial charge in [-0.2, -0.15) is 0 Å². The second-order valence-electron chi connectivity index (χ2n) is 12.2. The van der Waals surface area contributed by atoms with Crippen molar-refractivity contribution in [2.75, 3.05) is 19.8 Å². The molecular formula is C27H43N7O8. The maximum absolute atomic E-state index is 14.1. The smallest absolute Gasteiger partial charge is 0.405 e. The van der Waals surface area contributed by atoms with Crippen molar-refractivity contribution in [2.45, 2.75) is 107 Å². The lowest BCUT2D eigenvalue weighted by atomic mass is 9.83. The fourth-order valence-corrected chi connectivity index (χ4v) is 6.49. The van der Waals surface area contributed by atoms with Crippen molar-refractivity contribution in [2.24, 2.45) is 17.4 Å². The van der Waals surface area contributed by atoms with Gasteiger partial charge in [0.05, 0.1) is 23.5 Å². The third-order valence-corrected chi connectivity index (χ3v) is 8.77. The van der Waals surface area contributed by atoms with E-state index >= 15 is 0 Å². The van der Waals surface area contributed by atoms with Crippen LogP contribution in [0, 0.1) is 5.92 Å². The number of aromatic nitrogens is 3. The van der Waals surface area contributed by atoms with Crippen LogP contribution in [0.2, 0.25) is 0 Å². The van der Waals surface area contributed by atoms with E-state index < -0.39 is 59.2 Å². The topological polar surface area (TPSA) is 225 Å². The molecule has 3 fully saturated rings. The lowest BCUT2D eigenvalue weighted by Gasteiger charge is -2.41. The van der Waals surface area contributed by atoms with E-state index in [0.29, 0.717) is 5.69 Å². The molecule has 15 heteroatoms. The minimum atomic E-state index is -1.68. The molecule has 2 saturated heterocycles. The number of nitrogens with zero attached hydrogens (tertiary/aromatic N) is 4. The number of ether oxygens (including phenoxy) is 2. The molecule has 0 bridgehead atoms. The first-order valence-corrected chi connectivity index (χ1v) is 14.6. The van der Waals surface area contributed by atoms with Crippen molar-refractivity contribution < 1.29 is 38.9 Å². The van der Waals surface area contributed by atoms with Gasteiger partial charge in [0.2, 0.25) is 11.8 Å². The molecule has 15 nitrogen and oxygen atoms in total. The molecule has 3 aliphatic rings. The number of aliphatic hydroxyl groups is 2. The van der Waals surface area contributed by atoms with Crippen LogP contribution in [0.4, 0.5) is 4.79 Å². The van der Waals surface area contributed by atoms with E-state index in [9.17, 15) is 29.4 Å². The summed E-state index contributed by atoms with van der Waals surface area (Å²) in [6, 6.07) is -1.66. The zero-order valence-electron chi connectivity index (χ0n) is 24.2. The van der Waals surface area contributed by atoms with Crippen LogP contribution in [-0.2, 0) is 29.5 Å². The van der Waals surface area contributed by atoms with Gasteiger partial charge in [0, 0.05) is 26.2 Å². The van der Waals surface area contributed by atoms with E-state index in [-0.39, 0.29) is 51.4 Å². The highest BCUT2D eigenvalue weighted by atomic mass is 16.6. The zero-order valence-corrected chi connectivity index (χ0v) is 24.2. The SMILES string of the molecule is CC(C)(O)c1cnnn1[C@H]1C[C@@H](C(=O)NC2(C(O)C(N)=O)CCOCC2)N(C(=O)C(CC2CCCCC2)OC(N)=O)C1. The Morgan fingerprint density at radius 1 is 1.19 bits per heavy atom. The van der Waals surface area contributed by atoms with E-state index in [2.05, 4.69) is 15.6 Å². The zero-order chi connectivity index (χ0) is 30.7. The van der Waals surface area contributed by atoms with Crippen LogP contribution in [0.3, 0.4) is 0 Å². The molecular weight excluding hydrogens is 550 g/mol. The van der Waals surface area contributed by atoms with Gasteiger partial charge in [-0.05, 0) is 39.0 Å². The summed E-state index contributed by atoms with van der Waals surface area (Å²) in [6.07, 6.45) is 2.98. The number of amides is 4. The van der Waals surface area contributed by atoms with E-state index in [0.717, 1.165) is 32.1 Å². The Hall–Kier alpha value is -3.30. The Balaban J connectivity index is 1.65. The molecule has 1 aliphatic carbocycles. The second-order valence-corrected chi connectivity index (χ2v) is 12.2. The average molecular weight is 594 g/mol. The lowest BCUT2D eigenvalue weighted by molar-refractivity contribution is -0.148. The van der Waals surface area contributed by atoms with Crippen LogP contribution in [-0.4, -0.2) is 97.5 Å². The summed E-state index contributed by atoms with van der Waals surface area (Å²) in [7, 11) is 0. The fraction of sp³-hybridized carbons (Fsp3) is 0.778. The first-order chi connectivity index (χ1) is 19.8. The van der Waals surface area contributed by atoms with Gasteiger partial charge in [-0.15, -0.1) is 5.10 Å². The minimum absolute atomic E-state index is 0.00112. The number of nitrogens with one attached hydrogen (secondary N) is 1. The molecule has 42 heavy (non-hydrogen) atoms. The Morgan fingerprint density at radius 3 is 2.45 bits per heavy atom. The van der Waals surface area contributed by atoms with Gasteiger partial charge >= 0.3 is 6.09 Å². The predicted molar refractivity (Wildman–Crippen MR) is 146 cm³/mol. The fourth-order valence-electron chi connectivity index (χ4n) is 6.49. The standard InChI is InChI=1S/C27H43N7O8/c1-26(2,40)20-14-30-32-34(20)17-13-18(23(37)31-27(21(35)22(28)36)8-10-41-11-9-27)33(15-17)24(38)19(42-25(29)39)12-16-6-4-3-5-7-16/h14,16-19,21,35,40H,3-13,15H2,1-2H3,(H2,28,36)(H2,29,39)(H,31,37)/t17-,18-,19?,21?/m0/s1. The van der Waals surface area contributed by atoms with Gasteiger partial charge in [0.15, 0.2) is 12.2 Å². The molecule has 3 heterocycles. The van der Waals surface area contributed by atoms with E-state index in [1.54, 1.807) is 13.8 Å². The highest BCUT2D eigenvalue weighted by Crippen LogP contribution is 2.35. The lowest BCUT2D eigenvalue weighted by Crippen LogP contribution is -2.65. The number of hydrogen-bond acceptors (Lipinski definition) is 10. The molecule has 1 aromatic rings. The highest BCUT2D eigenvalue weighted by Gasteiger charge is 2.49. The number of hydrogen-bond donors (Lipinski definition) is 5. The van der Waals surface area contributed by atoms with Crippen LogP contribution in [0.15, 0.2) is 6.20 Å². The largest absolute Gasteiger partial charge is 0.436 e. The maximum atomic E-state index is 14.1. The summed E-state index contributed by atoms with van der Waals surface area (Å²) in [6.45, 7) is 3.52. The number of primary amides is 2. The quantitative estimate of drug-likeness (QED) is 0.236. The number of aliphatic hydroxyl groups excluding tert-OH is 1. The molecule has 1 saturated carbocycles. The van der Waals surface area contributed by atoms with Crippen molar-refractivity contribution in [1.82, 2.24) is 25.2 Å².